The Morgan fingerprint density at radius 2 is 2.17 bits per heavy atom. The van der Waals surface area contributed by atoms with Gasteiger partial charge in [-0.15, -0.1) is 11.3 Å². The number of hydrogen-bond acceptors (Lipinski definition) is 6. The molecule has 30 heavy (non-hydrogen) atoms. The first-order valence-corrected chi connectivity index (χ1v) is 10.7. The average molecular weight is 425 g/mol. The Labute approximate surface area is 178 Å². The molecule has 0 aliphatic heterocycles. The lowest BCUT2D eigenvalue weighted by atomic mass is 10.2. The number of guanidine groups is 1. The van der Waals surface area contributed by atoms with Crippen molar-refractivity contribution in [1.29, 1.82) is 0 Å². The van der Waals surface area contributed by atoms with E-state index in [1.807, 2.05) is 31.2 Å². The molecule has 0 spiro atoms. The normalized spacial score (nSPS) is 12.9. The molecule has 0 bridgehead atoms. The highest BCUT2D eigenvalue weighted by atomic mass is 32.1. The number of hydrogen-bond donors (Lipinski definition) is 4. The second kappa shape index (κ2) is 9.55. The predicted octanol–water partition coefficient (Wildman–Crippen LogP) is 3.11. The Bertz CT molecular complexity index is 1070. The number of benzene rings is 1. The Balaban J connectivity index is 1.32. The summed E-state index contributed by atoms with van der Waals surface area (Å²) in [4.78, 5) is 9.88. The lowest BCUT2D eigenvalue weighted by Crippen LogP contribution is -2.38. The number of aromatic nitrogens is 3. The SMILES string of the molecule is CCNC(=NCC(O)c1cc2ccccc2s1)NCCc1nc(-c2ccco2)n[nH]1. The molecule has 3 aromatic heterocycles. The topological polar surface area (TPSA) is 111 Å². The second-order valence-electron chi connectivity index (χ2n) is 6.68. The molecule has 1 aromatic carbocycles. The van der Waals surface area contributed by atoms with Crippen molar-refractivity contribution in [3.8, 4) is 11.6 Å². The molecule has 0 amide bonds. The van der Waals surface area contributed by atoms with Gasteiger partial charge in [-0.3, -0.25) is 10.1 Å². The van der Waals surface area contributed by atoms with Gasteiger partial charge in [0.25, 0.3) is 0 Å². The molecule has 3 heterocycles. The number of H-pyrrole nitrogens is 1. The molecule has 4 aromatic rings. The molecule has 8 nitrogen and oxygen atoms in total. The van der Waals surface area contributed by atoms with Crippen molar-refractivity contribution in [3.05, 3.63) is 59.4 Å². The maximum absolute atomic E-state index is 10.6. The first-order chi connectivity index (χ1) is 14.7. The number of nitrogens with zero attached hydrogens (tertiary/aromatic N) is 3. The lowest BCUT2D eigenvalue weighted by molar-refractivity contribution is 0.191. The third kappa shape index (κ3) is 4.87. The van der Waals surface area contributed by atoms with Gasteiger partial charge in [0.2, 0.25) is 5.82 Å². The highest BCUT2D eigenvalue weighted by Crippen LogP contribution is 2.29. The molecule has 1 unspecified atom stereocenters. The zero-order valence-electron chi connectivity index (χ0n) is 16.6. The minimum atomic E-state index is -0.636. The van der Waals surface area contributed by atoms with Crippen LogP contribution in [0.4, 0.5) is 0 Å². The van der Waals surface area contributed by atoms with E-state index < -0.39 is 6.10 Å². The van der Waals surface area contributed by atoms with Gasteiger partial charge in [-0.2, -0.15) is 5.10 Å². The van der Waals surface area contributed by atoms with E-state index in [9.17, 15) is 5.11 Å². The van der Waals surface area contributed by atoms with Gasteiger partial charge in [-0.05, 0) is 36.6 Å². The number of rotatable bonds is 8. The van der Waals surface area contributed by atoms with Crippen LogP contribution in [0.2, 0.25) is 0 Å². The van der Waals surface area contributed by atoms with Gasteiger partial charge in [-0.1, -0.05) is 18.2 Å². The van der Waals surface area contributed by atoms with Gasteiger partial charge in [0.15, 0.2) is 11.7 Å². The second-order valence-corrected chi connectivity index (χ2v) is 7.80. The summed E-state index contributed by atoms with van der Waals surface area (Å²) in [6.07, 6.45) is 1.61. The smallest absolute Gasteiger partial charge is 0.216 e. The molecule has 0 saturated carbocycles. The van der Waals surface area contributed by atoms with E-state index in [1.54, 1.807) is 23.7 Å². The van der Waals surface area contributed by atoms with Crippen molar-refractivity contribution >= 4 is 27.4 Å². The van der Waals surface area contributed by atoms with E-state index in [2.05, 4.69) is 42.9 Å². The quantitative estimate of drug-likeness (QED) is 0.255. The van der Waals surface area contributed by atoms with Crippen molar-refractivity contribution < 1.29 is 9.52 Å². The molecule has 0 fully saturated rings. The molecule has 0 saturated heterocycles. The fourth-order valence-corrected chi connectivity index (χ4v) is 4.04. The van der Waals surface area contributed by atoms with Gasteiger partial charge in [0.1, 0.15) is 11.9 Å². The van der Waals surface area contributed by atoms with Crippen LogP contribution in [0.5, 0.6) is 0 Å². The number of furan rings is 1. The minimum absolute atomic E-state index is 0.285. The van der Waals surface area contributed by atoms with Crippen molar-refractivity contribution in [2.75, 3.05) is 19.6 Å². The van der Waals surface area contributed by atoms with Crippen molar-refractivity contribution in [3.63, 3.8) is 0 Å². The molecule has 0 aliphatic rings. The Morgan fingerprint density at radius 3 is 2.97 bits per heavy atom. The number of aliphatic imine (C=N–C) groups is 1. The van der Waals surface area contributed by atoms with Crippen LogP contribution in [0, 0.1) is 0 Å². The summed E-state index contributed by atoms with van der Waals surface area (Å²) in [5.41, 5.74) is 0. The van der Waals surface area contributed by atoms with Crippen molar-refractivity contribution in [1.82, 2.24) is 25.8 Å². The summed E-state index contributed by atoms with van der Waals surface area (Å²) in [5, 5.41) is 25.3. The number of aliphatic hydroxyl groups is 1. The Kier molecular flexibility index (Phi) is 6.41. The van der Waals surface area contributed by atoms with E-state index in [4.69, 9.17) is 4.42 Å². The highest BCUT2D eigenvalue weighted by molar-refractivity contribution is 7.19. The lowest BCUT2D eigenvalue weighted by Gasteiger charge is -2.12. The molecule has 156 valence electrons. The molecule has 4 rings (SSSR count). The summed E-state index contributed by atoms with van der Waals surface area (Å²) in [6, 6.07) is 13.8. The first kappa shape index (κ1) is 20.1. The summed E-state index contributed by atoms with van der Waals surface area (Å²) in [5.74, 6) is 2.59. The zero-order valence-corrected chi connectivity index (χ0v) is 17.4. The van der Waals surface area contributed by atoms with Crippen LogP contribution >= 0.6 is 11.3 Å². The van der Waals surface area contributed by atoms with E-state index in [-0.39, 0.29) is 6.54 Å². The molecule has 0 aliphatic carbocycles. The molecule has 4 N–H and O–H groups in total. The maximum Gasteiger partial charge on any atom is 0.216 e. The van der Waals surface area contributed by atoms with Crippen LogP contribution in [0.3, 0.4) is 0 Å². The number of aromatic amines is 1. The van der Waals surface area contributed by atoms with Crippen LogP contribution < -0.4 is 10.6 Å². The van der Waals surface area contributed by atoms with Crippen molar-refractivity contribution in [2.45, 2.75) is 19.4 Å². The molecule has 9 heteroatoms. The zero-order chi connectivity index (χ0) is 20.8. The summed E-state index contributed by atoms with van der Waals surface area (Å²) in [6.45, 7) is 3.65. The summed E-state index contributed by atoms with van der Waals surface area (Å²) >= 11 is 1.60. The fourth-order valence-electron chi connectivity index (χ4n) is 3.00. The van der Waals surface area contributed by atoms with E-state index >= 15 is 0 Å². The van der Waals surface area contributed by atoms with Crippen LogP contribution in [0.15, 0.2) is 58.1 Å². The van der Waals surface area contributed by atoms with Gasteiger partial charge in [0, 0.05) is 29.1 Å². The van der Waals surface area contributed by atoms with Gasteiger partial charge in [0.05, 0.1) is 12.8 Å². The first-order valence-electron chi connectivity index (χ1n) is 9.87. The van der Waals surface area contributed by atoms with E-state index in [1.165, 1.54) is 4.70 Å². The van der Waals surface area contributed by atoms with Crippen LogP contribution in [0.25, 0.3) is 21.7 Å². The van der Waals surface area contributed by atoms with Crippen LogP contribution in [0.1, 0.15) is 23.7 Å². The number of thiophene rings is 1. The molecule has 0 radical (unpaired) electrons. The third-order valence-corrected chi connectivity index (χ3v) is 5.68. The minimum Gasteiger partial charge on any atom is -0.461 e. The largest absolute Gasteiger partial charge is 0.461 e. The summed E-state index contributed by atoms with van der Waals surface area (Å²) < 4.78 is 6.47. The van der Waals surface area contributed by atoms with Crippen molar-refractivity contribution in [2.24, 2.45) is 4.99 Å². The van der Waals surface area contributed by atoms with Gasteiger partial charge < -0.3 is 20.2 Å². The number of aliphatic hydroxyl groups excluding tert-OH is 1. The molecular formula is C21H24N6O2S. The van der Waals surface area contributed by atoms with E-state index in [0.29, 0.717) is 30.5 Å². The standard InChI is InChI=1S/C21H24N6O2S/c1-2-22-21(23-10-9-19-25-20(27-26-19)16-7-5-11-29-16)24-13-15(28)18-12-14-6-3-4-8-17(14)30-18/h3-8,11-12,15,28H,2,9-10,13H2,1H3,(H2,22,23,24)(H,25,26,27). The molecular weight excluding hydrogens is 400 g/mol. The monoisotopic (exact) mass is 424 g/mol. The third-order valence-electron chi connectivity index (χ3n) is 4.47. The van der Waals surface area contributed by atoms with Gasteiger partial charge in [-0.25, -0.2) is 4.98 Å². The maximum atomic E-state index is 10.6. The van der Waals surface area contributed by atoms with E-state index in [0.717, 1.165) is 22.6 Å². The fraction of sp³-hybridized carbons (Fsp3) is 0.286. The number of fused-ring (bicyclic) bond motifs is 1. The van der Waals surface area contributed by atoms with Gasteiger partial charge >= 0.3 is 0 Å². The Hall–Kier alpha value is -3.17. The van der Waals surface area contributed by atoms with Crippen LogP contribution in [-0.2, 0) is 6.42 Å². The predicted molar refractivity (Wildman–Crippen MR) is 119 cm³/mol. The number of nitrogens with one attached hydrogen (secondary N) is 3. The highest BCUT2D eigenvalue weighted by Gasteiger charge is 2.12. The molecule has 1 atom stereocenters. The average Bonchev–Trinajstić information content (AvgIpc) is 3.51. The Morgan fingerprint density at radius 1 is 1.27 bits per heavy atom. The van der Waals surface area contributed by atoms with Crippen LogP contribution in [-0.4, -0.2) is 45.9 Å². The summed E-state index contributed by atoms with van der Waals surface area (Å²) in [7, 11) is 0.